The SMILES string of the molecule is Clc1ccc(N=P(c2ccccc2)(c2ccccc2)c2ccccc2)cc1.[I][Hg][I]. The van der Waals surface area contributed by atoms with Crippen molar-refractivity contribution in [3.05, 3.63) is 120 Å². The summed E-state index contributed by atoms with van der Waals surface area (Å²) in [6.07, 6.45) is 0. The first-order valence-corrected chi connectivity index (χ1v) is 42.4. The molecule has 0 amide bonds. The fourth-order valence-corrected chi connectivity index (χ4v) is 6.89. The van der Waals surface area contributed by atoms with Crippen LogP contribution in [0, 0.1) is 0 Å². The molecule has 30 heavy (non-hydrogen) atoms. The molecule has 0 bridgehead atoms. The van der Waals surface area contributed by atoms with Gasteiger partial charge >= 0.3 is 51.2 Å². The Morgan fingerprint density at radius 3 is 1.23 bits per heavy atom. The molecule has 4 aromatic rings. The third kappa shape index (κ3) is 6.19. The quantitative estimate of drug-likeness (QED) is 0.113. The summed E-state index contributed by atoms with van der Waals surface area (Å²) in [6.45, 7) is 0. The minimum atomic E-state index is -2.21. The van der Waals surface area contributed by atoms with E-state index in [2.05, 4.69) is 126 Å². The zero-order valence-electron chi connectivity index (χ0n) is 16.2. The second kappa shape index (κ2) is 12.7. The van der Waals surface area contributed by atoms with Crippen molar-refractivity contribution in [1.82, 2.24) is 0 Å². The Morgan fingerprint density at radius 1 is 0.567 bits per heavy atom. The van der Waals surface area contributed by atoms with Gasteiger partial charge in [-0.05, 0) is 24.3 Å². The standard InChI is InChI=1S/C24H19ClNP.Hg.2HI/c25-20-16-18-21(19-17-20)26-27(22-10-4-1-5-11-22,23-12-6-2-7-13-23)24-14-8-3-9-15-24;;;/h1-19H;;2*1H/q;+2;;/p-2. The van der Waals surface area contributed by atoms with Crippen LogP contribution in [0.25, 0.3) is 0 Å². The molecule has 4 aromatic carbocycles. The summed E-state index contributed by atoms with van der Waals surface area (Å²) in [7, 11) is -2.21. The summed E-state index contributed by atoms with van der Waals surface area (Å²) in [5.41, 5.74) is 0.935. The molecule has 0 saturated carbocycles. The van der Waals surface area contributed by atoms with Crippen molar-refractivity contribution < 1.29 is 15.9 Å². The van der Waals surface area contributed by atoms with Crippen LogP contribution in [0.1, 0.15) is 0 Å². The molecule has 0 N–H and O–H groups in total. The van der Waals surface area contributed by atoms with Crippen molar-refractivity contribution in [2.75, 3.05) is 0 Å². The van der Waals surface area contributed by atoms with Gasteiger partial charge in [0.1, 0.15) is 0 Å². The molecule has 4 rings (SSSR count). The first kappa shape index (κ1) is 24.4. The predicted octanol–water partition coefficient (Wildman–Crippen LogP) is 7.92. The maximum absolute atomic E-state index is 6.10. The summed E-state index contributed by atoms with van der Waals surface area (Å²) in [4.78, 5) is 0. The van der Waals surface area contributed by atoms with Gasteiger partial charge in [0.15, 0.2) is 0 Å². The molecular formula is C24H19ClHgI2NP. The molecule has 0 aliphatic heterocycles. The molecule has 0 fully saturated rings. The number of rotatable bonds is 4. The van der Waals surface area contributed by atoms with Crippen LogP contribution in [-0.4, -0.2) is 0 Å². The molecule has 0 heterocycles. The second-order valence-electron chi connectivity index (χ2n) is 6.32. The van der Waals surface area contributed by atoms with Crippen LogP contribution in [0.15, 0.2) is 120 Å². The summed E-state index contributed by atoms with van der Waals surface area (Å²) < 4.78 is 5.39. The van der Waals surface area contributed by atoms with Crippen molar-refractivity contribution in [3.63, 3.8) is 0 Å². The fourth-order valence-electron chi connectivity index (χ4n) is 3.23. The molecule has 6 heteroatoms. The van der Waals surface area contributed by atoms with Crippen LogP contribution < -0.4 is 15.9 Å². The van der Waals surface area contributed by atoms with Gasteiger partial charge < -0.3 is 0 Å². The Bertz CT molecular complexity index is 989. The fraction of sp³-hybridized carbons (Fsp3) is 0. The van der Waals surface area contributed by atoms with Crippen molar-refractivity contribution in [1.29, 1.82) is 0 Å². The van der Waals surface area contributed by atoms with E-state index in [9.17, 15) is 0 Å². The van der Waals surface area contributed by atoms with Crippen molar-refractivity contribution >= 4 is 75.6 Å². The molecule has 0 radical (unpaired) electrons. The van der Waals surface area contributed by atoms with Crippen LogP contribution in [0.5, 0.6) is 0 Å². The third-order valence-corrected chi connectivity index (χ3v) is 8.40. The monoisotopic (exact) mass is 843 g/mol. The molecule has 0 unspecified atom stereocenters. The normalized spacial score (nSPS) is 10.4. The molecular weight excluding hydrogens is 823 g/mol. The van der Waals surface area contributed by atoms with Gasteiger partial charge in [-0.2, -0.15) is 0 Å². The average molecular weight is 842 g/mol. The van der Waals surface area contributed by atoms with E-state index in [1.165, 1.54) is 15.9 Å². The molecule has 148 valence electrons. The maximum atomic E-state index is 6.10. The van der Waals surface area contributed by atoms with Gasteiger partial charge in [-0.25, -0.2) is 0 Å². The van der Waals surface area contributed by atoms with Gasteiger partial charge in [0.25, 0.3) is 0 Å². The summed E-state index contributed by atoms with van der Waals surface area (Å²) in [5.74, 6) is 0. The minimum absolute atomic E-state index is 0.143. The van der Waals surface area contributed by atoms with Gasteiger partial charge in [0, 0.05) is 20.9 Å². The van der Waals surface area contributed by atoms with E-state index in [-0.39, 0.29) is 15.9 Å². The molecule has 0 aromatic heterocycles. The predicted molar refractivity (Wildman–Crippen MR) is 147 cm³/mol. The number of halogens is 3. The molecule has 0 atom stereocenters. The summed E-state index contributed by atoms with van der Waals surface area (Å²) in [5, 5.41) is 4.42. The Labute approximate surface area is 213 Å². The number of benzene rings is 4. The van der Waals surface area contributed by atoms with Gasteiger partial charge in [-0.1, -0.05) is 103 Å². The van der Waals surface area contributed by atoms with Gasteiger partial charge in [-0.3, -0.25) is 4.74 Å². The molecule has 0 saturated heterocycles. The average Bonchev–Trinajstić information content (AvgIpc) is 2.81. The first-order chi connectivity index (χ1) is 14.7. The van der Waals surface area contributed by atoms with Crippen LogP contribution in [0.3, 0.4) is 0 Å². The second-order valence-corrected chi connectivity index (χ2v) is 49.6. The van der Waals surface area contributed by atoms with E-state index < -0.39 is 7.05 Å². The molecule has 0 aliphatic carbocycles. The number of hydrogen-bond acceptors (Lipinski definition) is 1. The Hall–Kier alpha value is -0.205. The number of hydrogen-bond donors (Lipinski definition) is 0. The van der Waals surface area contributed by atoms with Crippen LogP contribution in [-0.2, 0) is 15.9 Å². The topological polar surface area (TPSA) is 12.4 Å². The third-order valence-electron chi connectivity index (χ3n) is 4.48. The molecule has 1 nitrogen and oxygen atoms in total. The Kier molecular flexibility index (Phi) is 10.4. The molecule has 0 spiro atoms. The Morgan fingerprint density at radius 2 is 0.900 bits per heavy atom. The van der Waals surface area contributed by atoms with E-state index in [0.717, 1.165) is 10.7 Å². The Balaban J connectivity index is 0.000000806. The van der Waals surface area contributed by atoms with Crippen molar-refractivity contribution in [2.24, 2.45) is 4.74 Å². The van der Waals surface area contributed by atoms with Crippen LogP contribution >= 0.6 is 54.0 Å². The zero-order valence-corrected chi connectivity index (χ0v) is 27.7. The molecule has 0 aliphatic rings. The summed E-state index contributed by atoms with van der Waals surface area (Å²) >= 11 is 11.0. The van der Waals surface area contributed by atoms with E-state index in [4.69, 9.17) is 16.3 Å². The van der Waals surface area contributed by atoms with Crippen LogP contribution in [0.4, 0.5) is 5.69 Å². The zero-order chi connectivity index (χ0) is 21.2. The number of nitrogens with zero attached hydrogens (tertiary/aromatic N) is 1. The van der Waals surface area contributed by atoms with Gasteiger partial charge in [0.2, 0.25) is 0 Å². The van der Waals surface area contributed by atoms with E-state index in [1.54, 1.807) is 0 Å². The van der Waals surface area contributed by atoms with E-state index in [0.29, 0.717) is 0 Å². The van der Waals surface area contributed by atoms with Gasteiger partial charge in [0.05, 0.1) is 12.7 Å². The van der Waals surface area contributed by atoms with E-state index in [1.807, 2.05) is 24.3 Å². The first-order valence-electron chi connectivity index (χ1n) is 9.37. The summed E-state index contributed by atoms with van der Waals surface area (Å²) in [6, 6.07) is 39.6. The van der Waals surface area contributed by atoms with Crippen LogP contribution in [0.2, 0.25) is 5.02 Å². The van der Waals surface area contributed by atoms with E-state index >= 15 is 0 Å². The van der Waals surface area contributed by atoms with Crippen molar-refractivity contribution in [2.45, 2.75) is 0 Å². The van der Waals surface area contributed by atoms with Gasteiger partial charge in [-0.15, -0.1) is 0 Å². The van der Waals surface area contributed by atoms with Crippen molar-refractivity contribution in [3.8, 4) is 0 Å².